The van der Waals surface area contributed by atoms with Crippen molar-refractivity contribution < 1.29 is 0 Å². The van der Waals surface area contributed by atoms with E-state index in [-0.39, 0.29) is 0 Å². The molecule has 4 heteroatoms. The van der Waals surface area contributed by atoms with Crippen LogP contribution in [0.15, 0.2) is 24.3 Å². The fraction of sp³-hybridized carbons (Fsp3) is 0.444. The molecule has 0 aliphatic heterocycles. The topological polar surface area (TPSA) is 41.1 Å². The second-order valence-electron chi connectivity index (χ2n) is 5.88. The molecule has 0 radical (unpaired) electrons. The van der Waals surface area contributed by atoms with Crippen molar-refractivity contribution in [1.29, 1.82) is 0 Å². The van der Waals surface area contributed by atoms with E-state index < -0.39 is 0 Å². The normalized spacial score (nSPS) is 10.9. The van der Waals surface area contributed by atoms with E-state index >= 15 is 0 Å². The first-order valence-electron chi connectivity index (χ1n) is 7.87. The van der Waals surface area contributed by atoms with E-state index in [4.69, 9.17) is 0 Å². The van der Waals surface area contributed by atoms with Gasteiger partial charge in [-0.25, -0.2) is 9.97 Å². The molecule has 0 atom stereocenters. The van der Waals surface area contributed by atoms with Gasteiger partial charge in [0.15, 0.2) is 0 Å². The van der Waals surface area contributed by atoms with Crippen LogP contribution in [-0.4, -0.2) is 23.6 Å². The molecule has 118 valence electrons. The number of hydrogen-bond donors (Lipinski definition) is 1. The Bertz CT molecular complexity index is 629. The van der Waals surface area contributed by atoms with Crippen LogP contribution in [0.25, 0.3) is 0 Å². The lowest BCUT2D eigenvalue weighted by Gasteiger charge is -2.25. The van der Waals surface area contributed by atoms with Gasteiger partial charge in [0.2, 0.25) is 5.95 Å². The summed E-state index contributed by atoms with van der Waals surface area (Å²) in [5.41, 5.74) is 5.53. The molecule has 1 aromatic carbocycles. The maximum atomic E-state index is 4.60. The number of rotatable bonds is 5. The number of benzene rings is 1. The highest BCUT2D eigenvalue weighted by molar-refractivity contribution is 5.75. The average Bonchev–Trinajstić information content (AvgIpc) is 2.47. The van der Waals surface area contributed by atoms with Crippen molar-refractivity contribution in [1.82, 2.24) is 9.97 Å². The first-order valence-corrected chi connectivity index (χ1v) is 7.87. The van der Waals surface area contributed by atoms with Crippen LogP contribution in [0, 0.1) is 13.8 Å². The predicted molar refractivity (Wildman–Crippen MR) is 94.3 cm³/mol. The maximum Gasteiger partial charge on any atom is 0.230 e. The number of aryl methyl sites for hydroxylation is 2. The number of anilines is 3. The summed E-state index contributed by atoms with van der Waals surface area (Å²) >= 11 is 0. The zero-order valence-electron chi connectivity index (χ0n) is 14.4. The van der Waals surface area contributed by atoms with Crippen LogP contribution < -0.4 is 10.2 Å². The zero-order chi connectivity index (χ0) is 16.3. The number of nitrogens with zero attached hydrogens (tertiary/aromatic N) is 3. The van der Waals surface area contributed by atoms with E-state index in [1.165, 1.54) is 5.56 Å². The molecule has 0 aliphatic rings. The van der Waals surface area contributed by atoms with Gasteiger partial charge in [-0.2, -0.15) is 0 Å². The second kappa shape index (κ2) is 6.77. The van der Waals surface area contributed by atoms with Gasteiger partial charge in [-0.15, -0.1) is 0 Å². The molecular formula is C18H26N4. The highest BCUT2D eigenvalue weighted by Gasteiger charge is 2.15. The van der Waals surface area contributed by atoms with Crippen molar-refractivity contribution >= 4 is 17.3 Å². The second-order valence-corrected chi connectivity index (χ2v) is 5.88. The highest BCUT2D eigenvalue weighted by atomic mass is 15.3. The number of hydrogen-bond acceptors (Lipinski definition) is 4. The summed E-state index contributed by atoms with van der Waals surface area (Å²) in [7, 11) is 1.96. The lowest BCUT2D eigenvalue weighted by atomic mass is 10.0. The Balaban J connectivity index is 2.51. The lowest BCUT2D eigenvalue weighted by Crippen LogP contribution is -2.21. The standard InChI is InChI=1S/C18H26N4/c1-7-22(18-20-13(4)10-14(5)21-18)17-9-8-15(12(2)3)11-16(17)19-6/h8-12,19H,7H2,1-6H3. The third-order valence-corrected chi connectivity index (χ3v) is 3.78. The smallest absolute Gasteiger partial charge is 0.230 e. The van der Waals surface area contributed by atoms with Crippen molar-refractivity contribution in [2.24, 2.45) is 0 Å². The molecule has 22 heavy (non-hydrogen) atoms. The minimum Gasteiger partial charge on any atom is -0.386 e. The molecule has 0 fully saturated rings. The fourth-order valence-corrected chi connectivity index (χ4v) is 2.60. The van der Waals surface area contributed by atoms with E-state index in [9.17, 15) is 0 Å². The van der Waals surface area contributed by atoms with Crippen LogP contribution in [0.4, 0.5) is 17.3 Å². The summed E-state index contributed by atoms with van der Waals surface area (Å²) in [5.74, 6) is 1.27. The van der Waals surface area contributed by atoms with Gasteiger partial charge in [-0.3, -0.25) is 0 Å². The molecule has 0 bridgehead atoms. The molecule has 0 aliphatic carbocycles. The Morgan fingerprint density at radius 2 is 1.73 bits per heavy atom. The third-order valence-electron chi connectivity index (χ3n) is 3.78. The van der Waals surface area contributed by atoms with Crippen molar-refractivity contribution in [2.75, 3.05) is 23.8 Å². The average molecular weight is 298 g/mol. The zero-order valence-corrected chi connectivity index (χ0v) is 14.4. The van der Waals surface area contributed by atoms with Crippen LogP contribution in [0.1, 0.15) is 43.6 Å². The number of aromatic nitrogens is 2. The molecule has 0 saturated heterocycles. The Hall–Kier alpha value is -2.10. The molecule has 0 spiro atoms. The molecule has 4 nitrogen and oxygen atoms in total. The monoisotopic (exact) mass is 298 g/mol. The quantitative estimate of drug-likeness (QED) is 0.887. The van der Waals surface area contributed by atoms with Crippen molar-refractivity contribution in [3.05, 3.63) is 41.2 Å². The van der Waals surface area contributed by atoms with E-state index in [1.807, 2.05) is 27.0 Å². The van der Waals surface area contributed by atoms with Crippen LogP contribution in [0.5, 0.6) is 0 Å². The molecule has 1 heterocycles. The van der Waals surface area contributed by atoms with Gasteiger partial charge in [0.05, 0.1) is 11.4 Å². The Kier molecular flexibility index (Phi) is 5.01. The molecule has 2 aromatic rings. The summed E-state index contributed by atoms with van der Waals surface area (Å²) in [6, 6.07) is 8.56. The lowest BCUT2D eigenvalue weighted by molar-refractivity contribution is 0.864. The summed E-state index contributed by atoms with van der Waals surface area (Å²) in [6.07, 6.45) is 0. The first kappa shape index (κ1) is 16.3. The largest absolute Gasteiger partial charge is 0.386 e. The highest BCUT2D eigenvalue weighted by Crippen LogP contribution is 2.32. The minimum absolute atomic E-state index is 0.508. The molecule has 1 N–H and O–H groups in total. The van der Waals surface area contributed by atoms with Crippen LogP contribution in [-0.2, 0) is 0 Å². The van der Waals surface area contributed by atoms with E-state index in [2.05, 4.69) is 59.2 Å². The Morgan fingerprint density at radius 1 is 1.09 bits per heavy atom. The predicted octanol–water partition coefficient (Wildman–Crippen LogP) is 4.42. The molecule has 0 saturated carbocycles. The van der Waals surface area contributed by atoms with Gasteiger partial charge in [-0.05, 0) is 50.5 Å². The Labute approximate surface area is 133 Å². The van der Waals surface area contributed by atoms with Crippen LogP contribution >= 0.6 is 0 Å². The van der Waals surface area contributed by atoms with E-state index in [0.717, 1.165) is 35.3 Å². The first-order chi connectivity index (χ1) is 10.5. The van der Waals surface area contributed by atoms with Crippen molar-refractivity contribution in [3.63, 3.8) is 0 Å². The van der Waals surface area contributed by atoms with Crippen LogP contribution in [0.3, 0.4) is 0 Å². The van der Waals surface area contributed by atoms with E-state index in [1.54, 1.807) is 0 Å². The fourth-order valence-electron chi connectivity index (χ4n) is 2.60. The van der Waals surface area contributed by atoms with Gasteiger partial charge in [0, 0.05) is 25.0 Å². The van der Waals surface area contributed by atoms with Gasteiger partial charge in [0.25, 0.3) is 0 Å². The van der Waals surface area contributed by atoms with Gasteiger partial charge in [0.1, 0.15) is 0 Å². The number of nitrogens with one attached hydrogen (secondary N) is 1. The van der Waals surface area contributed by atoms with Gasteiger partial charge < -0.3 is 10.2 Å². The molecule has 0 unspecified atom stereocenters. The summed E-state index contributed by atoms with van der Waals surface area (Å²) in [5, 5.41) is 3.31. The third kappa shape index (κ3) is 3.38. The summed E-state index contributed by atoms with van der Waals surface area (Å²) < 4.78 is 0. The molecule has 1 aromatic heterocycles. The van der Waals surface area contributed by atoms with Gasteiger partial charge in [-0.1, -0.05) is 19.9 Å². The Morgan fingerprint density at radius 3 is 2.23 bits per heavy atom. The minimum atomic E-state index is 0.508. The SMILES string of the molecule is CCN(c1nc(C)cc(C)n1)c1ccc(C(C)C)cc1NC. The van der Waals surface area contributed by atoms with Crippen molar-refractivity contribution in [3.8, 4) is 0 Å². The summed E-state index contributed by atoms with van der Waals surface area (Å²) in [6.45, 7) is 11.4. The van der Waals surface area contributed by atoms with Gasteiger partial charge >= 0.3 is 0 Å². The van der Waals surface area contributed by atoms with Crippen LogP contribution in [0.2, 0.25) is 0 Å². The molecule has 0 amide bonds. The van der Waals surface area contributed by atoms with Crippen molar-refractivity contribution in [2.45, 2.75) is 40.5 Å². The molecule has 2 rings (SSSR count). The molecular weight excluding hydrogens is 272 g/mol. The summed E-state index contributed by atoms with van der Waals surface area (Å²) in [4.78, 5) is 11.4. The van der Waals surface area contributed by atoms with E-state index in [0.29, 0.717) is 5.92 Å². The maximum absolute atomic E-state index is 4.60.